The van der Waals surface area contributed by atoms with Crippen LogP contribution >= 0.6 is 11.8 Å². The number of carbonyl (C=O) groups excluding carboxylic acids is 2. The van der Waals surface area contributed by atoms with Gasteiger partial charge in [-0.3, -0.25) is 9.59 Å². The van der Waals surface area contributed by atoms with Gasteiger partial charge >= 0.3 is 6.18 Å². The Bertz CT molecular complexity index is 954. The van der Waals surface area contributed by atoms with E-state index in [9.17, 15) is 27.2 Å². The van der Waals surface area contributed by atoms with Gasteiger partial charge in [0.15, 0.2) is 0 Å². The van der Waals surface area contributed by atoms with E-state index in [-0.39, 0.29) is 17.6 Å². The molecule has 0 saturated carbocycles. The molecule has 2 amide bonds. The predicted octanol–water partition coefficient (Wildman–Crippen LogP) is 4.04. The first-order valence-electron chi connectivity index (χ1n) is 10.4. The molecule has 2 aromatic rings. The number of aromatic nitrogens is 1. The number of hydrogen-bond acceptors (Lipinski definition) is 5. The summed E-state index contributed by atoms with van der Waals surface area (Å²) in [6, 6.07) is 7.77. The molecular formula is C22H24F4N4O2S. The van der Waals surface area contributed by atoms with Crippen molar-refractivity contribution in [3.05, 3.63) is 54.0 Å². The van der Waals surface area contributed by atoms with Gasteiger partial charge < -0.3 is 15.1 Å². The molecule has 0 aliphatic carbocycles. The van der Waals surface area contributed by atoms with E-state index in [1.807, 2.05) is 4.90 Å². The van der Waals surface area contributed by atoms with Crippen LogP contribution in [-0.2, 0) is 15.8 Å². The molecule has 1 aromatic carbocycles. The highest BCUT2D eigenvalue weighted by molar-refractivity contribution is 8.01. The van der Waals surface area contributed by atoms with Crippen LogP contribution < -0.4 is 10.2 Å². The fraction of sp³-hybridized carbons (Fsp3) is 0.409. The lowest BCUT2D eigenvalue weighted by Gasteiger charge is -2.25. The third-order valence-electron chi connectivity index (χ3n) is 5.15. The maximum Gasteiger partial charge on any atom is 0.417 e. The van der Waals surface area contributed by atoms with Gasteiger partial charge in [-0.15, -0.1) is 11.8 Å². The summed E-state index contributed by atoms with van der Waals surface area (Å²) < 4.78 is 51.2. The number of alkyl halides is 3. The van der Waals surface area contributed by atoms with E-state index in [1.165, 1.54) is 42.1 Å². The third kappa shape index (κ3) is 7.08. The second-order valence-electron chi connectivity index (χ2n) is 7.58. The standard InChI is InChI=1S/C22H24F4N4O2S/c1-15(33-14-20(31)28-18-6-4-17(23)5-7-18)21(32)30-10-2-9-29(11-12-30)19-8-3-16(13-27-19)22(24,25)26/h3-8,13,15H,2,9-12,14H2,1H3,(H,28,31). The molecule has 0 bridgehead atoms. The Hall–Kier alpha value is -2.82. The first-order chi connectivity index (χ1) is 15.6. The Morgan fingerprint density at radius 2 is 1.82 bits per heavy atom. The second kappa shape index (κ2) is 10.9. The molecule has 1 fully saturated rings. The summed E-state index contributed by atoms with van der Waals surface area (Å²) in [7, 11) is 0. The van der Waals surface area contributed by atoms with E-state index in [4.69, 9.17) is 0 Å². The molecular weight excluding hydrogens is 460 g/mol. The van der Waals surface area contributed by atoms with Crippen molar-refractivity contribution < 1.29 is 27.2 Å². The molecule has 0 spiro atoms. The molecule has 1 atom stereocenters. The van der Waals surface area contributed by atoms with Gasteiger partial charge in [0.05, 0.1) is 16.6 Å². The van der Waals surface area contributed by atoms with Gasteiger partial charge in [0.1, 0.15) is 11.6 Å². The zero-order chi connectivity index (χ0) is 24.0. The fourth-order valence-electron chi connectivity index (χ4n) is 3.37. The molecule has 1 aliphatic rings. The van der Waals surface area contributed by atoms with Crippen LogP contribution in [-0.4, -0.2) is 58.9 Å². The van der Waals surface area contributed by atoms with Crippen molar-refractivity contribution in [1.82, 2.24) is 9.88 Å². The largest absolute Gasteiger partial charge is 0.417 e. The van der Waals surface area contributed by atoms with Crippen LogP contribution in [0.2, 0.25) is 0 Å². The van der Waals surface area contributed by atoms with Gasteiger partial charge in [-0.1, -0.05) is 0 Å². The van der Waals surface area contributed by atoms with Crippen molar-refractivity contribution in [1.29, 1.82) is 0 Å². The van der Waals surface area contributed by atoms with Crippen molar-refractivity contribution >= 4 is 35.1 Å². The Balaban J connectivity index is 1.48. The topological polar surface area (TPSA) is 65.5 Å². The summed E-state index contributed by atoms with van der Waals surface area (Å²) in [5, 5.41) is 2.21. The van der Waals surface area contributed by atoms with E-state index < -0.39 is 22.8 Å². The Labute approximate surface area is 193 Å². The monoisotopic (exact) mass is 484 g/mol. The molecule has 1 aromatic heterocycles. The Kier molecular flexibility index (Phi) is 8.17. The predicted molar refractivity (Wildman–Crippen MR) is 120 cm³/mol. The Morgan fingerprint density at radius 3 is 2.45 bits per heavy atom. The van der Waals surface area contributed by atoms with Crippen molar-refractivity contribution in [2.45, 2.75) is 24.8 Å². The van der Waals surface area contributed by atoms with Crippen molar-refractivity contribution in [3.8, 4) is 0 Å². The van der Waals surface area contributed by atoms with Gasteiger partial charge in [0.2, 0.25) is 11.8 Å². The van der Waals surface area contributed by atoms with E-state index >= 15 is 0 Å². The summed E-state index contributed by atoms with van der Waals surface area (Å²) in [6.07, 6.45) is -2.97. The van der Waals surface area contributed by atoms with E-state index in [1.54, 1.807) is 11.8 Å². The van der Waals surface area contributed by atoms with Crippen molar-refractivity contribution in [2.24, 2.45) is 0 Å². The summed E-state index contributed by atoms with van der Waals surface area (Å²) in [6.45, 7) is 3.69. The average Bonchev–Trinajstić information content (AvgIpc) is 3.04. The van der Waals surface area contributed by atoms with Crippen LogP contribution in [0.1, 0.15) is 18.9 Å². The number of benzene rings is 1. The minimum Gasteiger partial charge on any atom is -0.355 e. The second-order valence-corrected chi connectivity index (χ2v) is 8.91. The number of hydrogen-bond donors (Lipinski definition) is 1. The highest BCUT2D eigenvalue weighted by Crippen LogP contribution is 2.29. The maximum absolute atomic E-state index is 12.9. The number of amides is 2. The molecule has 33 heavy (non-hydrogen) atoms. The molecule has 1 saturated heterocycles. The Morgan fingerprint density at radius 1 is 1.09 bits per heavy atom. The maximum atomic E-state index is 12.9. The molecule has 178 valence electrons. The van der Waals surface area contributed by atoms with Crippen LogP contribution in [0.3, 0.4) is 0 Å². The van der Waals surface area contributed by atoms with E-state index in [2.05, 4.69) is 10.3 Å². The molecule has 11 heteroatoms. The zero-order valence-electron chi connectivity index (χ0n) is 17.9. The first kappa shape index (κ1) is 24.8. The smallest absolute Gasteiger partial charge is 0.355 e. The molecule has 2 heterocycles. The molecule has 1 unspecified atom stereocenters. The summed E-state index contributed by atoms with van der Waals surface area (Å²) >= 11 is 1.21. The van der Waals surface area contributed by atoms with E-state index in [0.29, 0.717) is 44.1 Å². The van der Waals surface area contributed by atoms with Gasteiger partial charge in [-0.05, 0) is 49.7 Å². The molecule has 1 aliphatic heterocycles. The minimum absolute atomic E-state index is 0.0692. The average molecular weight is 485 g/mol. The zero-order valence-corrected chi connectivity index (χ0v) is 18.8. The van der Waals surface area contributed by atoms with E-state index in [0.717, 1.165) is 12.3 Å². The van der Waals surface area contributed by atoms with Gasteiger partial charge in [-0.2, -0.15) is 13.2 Å². The third-order valence-corrected chi connectivity index (χ3v) is 6.28. The first-order valence-corrected chi connectivity index (χ1v) is 11.4. The summed E-state index contributed by atoms with van der Waals surface area (Å²) in [5.41, 5.74) is -0.322. The number of carbonyl (C=O) groups is 2. The molecule has 6 nitrogen and oxygen atoms in total. The SMILES string of the molecule is CC(SCC(=O)Nc1ccc(F)cc1)C(=O)N1CCCN(c2ccc(C(F)(F)F)cn2)CC1. The minimum atomic E-state index is -4.43. The van der Waals surface area contributed by atoms with Crippen LogP contribution in [0, 0.1) is 5.82 Å². The fourth-order valence-corrected chi connectivity index (χ4v) is 4.13. The number of nitrogens with one attached hydrogen (secondary N) is 1. The lowest BCUT2D eigenvalue weighted by atomic mass is 10.2. The number of thioether (sulfide) groups is 1. The van der Waals surface area contributed by atoms with Crippen molar-refractivity contribution in [2.75, 3.05) is 42.1 Å². The highest BCUT2D eigenvalue weighted by Gasteiger charge is 2.31. The van der Waals surface area contributed by atoms with Gasteiger partial charge in [0, 0.05) is 38.1 Å². The molecule has 1 N–H and O–H groups in total. The molecule has 3 rings (SSSR count). The number of nitrogens with zero attached hydrogens (tertiary/aromatic N) is 3. The highest BCUT2D eigenvalue weighted by atomic mass is 32.2. The van der Waals surface area contributed by atoms with Crippen LogP contribution in [0.25, 0.3) is 0 Å². The number of pyridine rings is 1. The lowest BCUT2D eigenvalue weighted by molar-refractivity contribution is -0.137. The number of rotatable bonds is 6. The van der Waals surface area contributed by atoms with Crippen LogP contribution in [0.4, 0.5) is 29.1 Å². The number of halogens is 4. The normalized spacial score (nSPS) is 15.7. The number of anilines is 2. The van der Waals surface area contributed by atoms with Gasteiger partial charge in [-0.25, -0.2) is 9.37 Å². The van der Waals surface area contributed by atoms with Crippen LogP contribution in [0.5, 0.6) is 0 Å². The van der Waals surface area contributed by atoms with Crippen LogP contribution in [0.15, 0.2) is 42.6 Å². The lowest BCUT2D eigenvalue weighted by Crippen LogP contribution is -2.39. The molecule has 0 radical (unpaired) electrons. The quantitative estimate of drug-likeness (QED) is 0.627. The van der Waals surface area contributed by atoms with Crippen molar-refractivity contribution in [3.63, 3.8) is 0 Å². The summed E-state index contributed by atoms with van der Waals surface area (Å²) in [5.74, 6) is -0.276. The van der Waals surface area contributed by atoms with Gasteiger partial charge in [0.25, 0.3) is 0 Å². The summed E-state index contributed by atoms with van der Waals surface area (Å²) in [4.78, 5) is 32.4.